The van der Waals surface area contributed by atoms with Crippen LogP contribution in [0.2, 0.25) is 0 Å². The van der Waals surface area contributed by atoms with Crippen molar-refractivity contribution >= 4 is 0 Å². The van der Waals surface area contributed by atoms with Gasteiger partial charge in [0.1, 0.15) is 5.76 Å². The Morgan fingerprint density at radius 2 is 1.08 bits per heavy atom. The predicted molar refractivity (Wildman–Crippen MR) is 56.4 cm³/mol. The van der Waals surface area contributed by atoms with Crippen molar-refractivity contribution in [3.05, 3.63) is 72.6 Å². The van der Waals surface area contributed by atoms with Crippen molar-refractivity contribution in [2.24, 2.45) is 0 Å². The number of hydrogen-bond acceptors (Lipinski definition) is 1. The lowest BCUT2D eigenvalue weighted by molar-refractivity contribution is 0.432. The zero-order valence-electron chi connectivity index (χ0n) is 7.30. The standard InChI is InChI=1S/C12H12O/c13-12-10-8-6-4-2-1-3-5-7-9-11-12/h1-11,13H/b2-1-,3-1?,4-2?,5-3-,6-4-,7-5?,8-6?,9-7-,10-8-,11-9?,12-10?,12-11+. The van der Waals surface area contributed by atoms with Crippen molar-refractivity contribution in [2.45, 2.75) is 0 Å². The molecule has 0 spiro atoms. The van der Waals surface area contributed by atoms with Crippen LogP contribution in [0.3, 0.4) is 0 Å². The Morgan fingerprint density at radius 1 is 0.615 bits per heavy atom. The quantitative estimate of drug-likeness (QED) is 0.594. The van der Waals surface area contributed by atoms with Gasteiger partial charge in [-0.25, -0.2) is 0 Å². The first-order valence-corrected chi connectivity index (χ1v) is 4.13. The molecule has 0 aliphatic heterocycles. The van der Waals surface area contributed by atoms with E-state index in [1.54, 1.807) is 24.3 Å². The van der Waals surface area contributed by atoms with Gasteiger partial charge in [0.25, 0.3) is 0 Å². The van der Waals surface area contributed by atoms with Gasteiger partial charge >= 0.3 is 0 Å². The first-order chi connectivity index (χ1) is 6.39. The van der Waals surface area contributed by atoms with Crippen LogP contribution in [0.4, 0.5) is 0 Å². The Labute approximate surface area is 78.4 Å². The van der Waals surface area contributed by atoms with Crippen LogP contribution in [0.15, 0.2) is 72.6 Å². The molecule has 0 radical (unpaired) electrons. The maximum absolute atomic E-state index is 9.24. The lowest BCUT2D eigenvalue weighted by Gasteiger charge is -1.85. The molecular weight excluding hydrogens is 160 g/mol. The Kier molecular flexibility index (Phi) is 4.19. The second-order valence-electron chi connectivity index (χ2n) is 2.49. The lowest BCUT2D eigenvalue weighted by atomic mass is 10.3. The first-order valence-electron chi connectivity index (χ1n) is 4.13. The van der Waals surface area contributed by atoms with Crippen LogP contribution in [-0.4, -0.2) is 5.11 Å². The molecule has 0 bridgehead atoms. The van der Waals surface area contributed by atoms with E-state index in [1.807, 2.05) is 42.5 Å². The summed E-state index contributed by atoms with van der Waals surface area (Å²) in [4.78, 5) is 0. The average Bonchev–Trinajstić information content (AvgIpc) is 2.11. The van der Waals surface area contributed by atoms with Crippen LogP contribution < -0.4 is 0 Å². The fourth-order valence-corrected chi connectivity index (χ4v) is 0.813. The van der Waals surface area contributed by atoms with E-state index in [-0.39, 0.29) is 5.76 Å². The molecule has 0 atom stereocenters. The number of rotatable bonds is 0. The van der Waals surface area contributed by atoms with Gasteiger partial charge < -0.3 is 5.11 Å². The topological polar surface area (TPSA) is 20.2 Å². The van der Waals surface area contributed by atoms with Crippen molar-refractivity contribution in [3.63, 3.8) is 0 Å². The third-order valence-corrected chi connectivity index (χ3v) is 1.42. The average molecular weight is 172 g/mol. The fraction of sp³-hybridized carbons (Fsp3) is 0. The largest absolute Gasteiger partial charge is 0.508 e. The molecule has 1 heteroatoms. The molecule has 0 amide bonds. The van der Waals surface area contributed by atoms with E-state index in [4.69, 9.17) is 0 Å². The molecule has 0 saturated carbocycles. The molecule has 1 nitrogen and oxygen atoms in total. The predicted octanol–water partition coefficient (Wildman–Crippen LogP) is 3.22. The molecule has 1 aliphatic rings. The summed E-state index contributed by atoms with van der Waals surface area (Å²) in [5, 5.41) is 9.24. The Morgan fingerprint density at radius 3 is 1.69 bits per heavy atom. The molecule has 0 saturated heterocycles. The molecule has 1 rings (SSSR count). The van der Waals surface area contributed by atoms with Crippen LogP contribution in [0.5, 0.6) is 0 Å². The molecule has 0 aromatic heterocycles. The normalized spacial score (nSPS) is 32.8. The molecule has 0 aromatic rings. The van der Waals surface area contributed by atoms with Gasteiger partial charge in [-0.15, -0.1) is 0 Å². The Bertz CT molecular complexity index is 312. The summed E-state index contributed by atoms with van der Waals surface area (Å²) in [6.07, 6.45) is 20.2. The van der Waals surface area contributed by atoms with Crippen LogP contribution in [0.1, 0.15) is 0 Å². The highest BCUT2D eigenvalue weighted by molar-refractivity contribution is 5.25. The van der Waals surface area contributed by atoms with Crippen molar-refractivity contribution in [2.75, 3.05) is 0 Å². The maximum atomic E-state index is 9.24. The molecule has 1 aliphatic carbocycles. The van der Waals surface area contributed by atoms with E-state index >= 15 is 0 Å². The van der Waals surface area contributed by atoms with E-state index in [1.165, 1.54) is 0 Å². The van der Waals surface area contributed by atoms with E-state index in [9.17, 15) is 5.11 Å². The minimum atomic E-state index is 0.249. The molecule has 1 N–H and O–H groups in total. The zero-order valence-corrected chi connectivity index (χ0v) is 7.30. The number of allylic oxidation sites excluding steroid dienone is 11. The summed E-state index contributed by atoms with van der Waals surface area (Å²) in [5.74, 6) is 0.249. The van der Waals surface area contributed by atoms with Crippen LogP contribution in [0, 0.1) is 0 Å². The van der Waals surface area contributed by atoms with Gasteiger partial charge in [0, 0.05) is 0 Å². The molecule has 13 heavy (non-hydrogen) atoms. The van der Waals surface area contributed by atoms with E-state index < -0.39 is 0 Å². The minimum absolute atomic E-state index is 0.249. The molecule has 0 fully saturated rings. The highest BCUT2D eigenvalue weighted by atomic mass is 16.3. The number of aliphatic hydroxyl groups excluding tert-OH is 1. The van der Waals surface area contributed by atoms with Crippen LogP contribution >= 0.6 is 0 Å². The summed E-state index contributed by atoms with van der Waals surface area (Å²) in [6.45, 7) is 0. The van der Waals surface area contributed by atoms with Crippen LogP contribution in [0.25, 0.3) is 0 Å². The van der Waals surface area contributed by atoms with E-state index in [0.717, 1.165) is 0 Å². The summed E-state index contributed by atoms with van der Waals surface area (Å²) < 4.78 is 0. The molecule has 0 unspecified atom stereocenters. The fourth-order valence-electron chi connectivity index (χ4n) is 0.813. The van der Waals surface area contributed by atoms with Gasteiger partial charge in [-0.05, 0) is 12.2 Å². The second-order valence-corrected chi connectivity index (χ2v) is 2.49. The Hall–Kier alpha value is -1.76. The van der Waals surface area contributed by atoms with Gasteiger partial charge in [-0.2, -0.15) is 0 Å². The summed E-state index contributed by atoms with van der Waals surface area (Å²) in [5.41, 5.74) is 0. The summed E-state index contributed by atoms with van der Waals surface area (Å²) in [7, 11) is 0. The summed E-state index contributed by atoms with van der Waals surface area (Å²) >= 11 is 0. The highest BCUT2D eigenvalue weighted by Gasteiger charge is 1.78. The molecule has 0 aromatic carbocycles. The van der Waals surface area contributed by atoms with Crippen molar-refractivity contribution < 1.29 is 5.11 Å². The van der Waals surface area contributed by atoms with Crippen LogP contribution in [-0.2, 0) is 0 Å². The smallest absolute Gasteiger partial charge is 0.115 e. The van der Waals surface area contributed by atoms with E-state index in [0.29, 0.717) is 0 Å². The van der Waals surface area contributed by atoms with Gasteiger partial charge in [-0.3, -0.25) is 0 Å². The first kappa shape index (κ1) is 9.33. The SMILES string of the molecule is OC1=C/C=C\C=C/C=C\C=C/C=C\1. The van der Waals surface area contributed by atoms with Gasteiger partial charge in [-0.1, -0.05) is 54.7 Å². The van der Waals surface area contributed by atoms with Gasteiger partial charge in [0.2, 0.25) is 0 Å². The van der Waals surface area contributed by atoms with Gasteiger partial charge in [0.15, 0.2) is 0 Å². The maximum Gasteiger partial charge on any atom is 0.115 e. The Balaban J connectivity index is 2.78. The lowest BCUT2D eigenvalue weighted by Crippen LogP contribution is -1.70. The van der Waals surface area contributed by atoms with Crippen molar-refractivity contribution in [3.8, 4) is 0 Å². The molecule has 66 valence electrons. The monoisotopic (exact) mass is 172 g/mol. The molecule has 0 heterocycles. The number of hydrogen-bond donors (Lipinski definition) is 1. The molecular formula is C12H12O. The highest BCUT2D eigenvalue weighted by Crippen LogP contribution is 1.94. The summed E-state index contributed by atoms with van der Waals surface area (Å²) in [6, 6.07) is 0. The van der Waals surface area contributed by atoms with Crippen molar-refractivity contribution in [1.29, 1.82) is 0 Å². The van der Waals surface area contributed by atoms with Crippen molar-refractivity contribution in [1.82, 2.24) is 0 Å². The second kappa shape index (κ2) is 5.84. The van der Waals surface area contributed by atoms with E-state index in [2.05, 4.69) is 0 Å². The third-order valence-electron chi connectivity index (χ3n) is 1.42. The third kappa shape index (κ3) is 4.64. The van der Waals surface area contributed by atoms with Gasteiger partial charge in [0.05, 0.1) is 0 Å². The zero-order chi connectivity index (χ0) is 9.36. The number of aliphatic hydroxyl groups is 1. The minimum Gasteiger partial charge on any atom is -0.508 e.